The highest BCUT2D eigenvalue weighted by Gasteiger charge is 2.25. The fraction of sp³-hybridized carbons (Fsp3) is 1.00. The molecule has 0 saturated carbocycles. The Bertz CT molecular complexity index is 197. The van der Waals surface area contributed by atoms with Gasteiger partial charge in [0.25, 0.3) is 0 Å². The van der Waals surface area contributed by atoms with Crippen LogP contribution in [0.2, 0.25) is 0 Å². The van der Waals surface area contributed by atoms with Crippen LogP contribution in [0.25, 0.3) is 0 Å². The van der Waals surface area contributed by atoms with E-state index in [9.17, 15) is 0 Å². The van der Waals surface area contributed by atoms with Gasteiger partial charge in [-0.15, -0.1) is 0 Å². The maximum absolute atomic E-state index is 5.92. The lowest BCUT2D eigenvalue weighted by Crippen LogP contribution is -2.52. The summed E-state index contributed by atoms with van der Waals surface area (Å²) in [6.07, 6.45) is 6.96. The monoisotopic (exact) mass is 242 g/mol. The summed E-state index contributed by atoms with van der Waals surface area (Å²) in [4.78, 5) is 2.55. The van der Waals surface area contributed by atoms with Crippen LogP contribution in [0.5, 0.6) is 0 Å². The molecule has 0 aliphatic carbocycles. The summed E-state index contributed by atoms with van der Waals surface area (Å²) < 4.78 is 5.70. The molecule has 3 heteroatoms. The van der Waals surface area contributed by atoms with Crippen LogP contribution in [-0.4, -0.2) is 42.8 Å². The summed E-state index contributed by atoms with van der Waals surface area (Å²) in [5, 5.41) is 0. The van der Waals surface area contributed by atoms with Gasteiger partial charge in [-0.2, -0.15) is 0 Å². The Morgan fingerprint density at radius 1 is 1.29 bits per heavy atom. The second-order valence-corrected chi connectivity index (χ2v) is 5.46. The van der Waals surface area contributed by atoms with Gasteiger partial charge < -0.3 is 10.5 Å². The SMILES string of the molecule is CCCCCCC(C)N1CCOC(C(C)N)C1. The molecule has 1 aliphatic rings. The zero-order valence-electron chi connectivity index (χ0n) is 11.8. The molecule has 1 saturated heterocycles. The highest BCUT2D eigenvalue weighted by atomic mass is 16.5. The first-order chi connectivity index (χ1) is 8.15. The molecular formula is C14H30N2O. The van der Waals surface area contributed by atoms with Crippen molar-refractivity contribution in [2.24, 2.45) is 5.73 Å². The van der Waals surface area contributed by atoms with Crippen LogP contribution in [-0.2, 0) is 4.74 Å². The molecule has 3 unspecified atom stereocenters. The van der Waals surface area contributed by atoms with Gasteiger partial charge >= 0.3 is 0 Å². The van der Waals surface area contributed by atoms with Gasteiger partial charge in [-0.3, -0.25) is 4.90 Å². The van der Waals surface area contributed by atoms with Crippen molar-refractivity contribution in [1.82, 2.24) is 4.90 Å². The van der Waals surface area contributed by atoms with Gasteiger partial charge in [-0.1, -0.05) is 32.6 Å². The molecule has 0 spiro atoms. The summed E-state index contributed by atoms with van der Waals surface area (Å²) in [6, 6.07) is 0.821. The van der Waals surface area contributed by atoms with Gasteiger partial charge in [0.1, 0.15) is 0 Å². The predicted octanol–water partition coefficient (Wildman–Crippen LogP) is 2.39. The van der Waals surface area contributed by atoms with Crippen LogP contribution < -0.4 is 5.73 Å². The Balaban J connectivity index is 2.23. The minimum atomic E-state index is 0.144. The van der Waals surface area contributed by atoms with Gasteiger partial charge in [0.15, 0.2) is 0 Å². The fourth-order valence-corrected chi connectivity index (χ4v) is 2.46. The van der Waals surface area contributed by atoms with E-state index in [2.05, 4.69) is 18.7 Å². The average molecular weight is 242 g/mol. The molecule has 0 bridgehead atoms. The summed E-state index contributed by atoms with van der Waals surface area (Å²) in [5.74, 6) is 0. The molecule has 0 amide bonds. The number of rotatable bonds is 7. The van der Waals surface area contributed by atoms with Crippen molar-refractivity contribution in [3.8, 4) is 0 Å². The fourth-order valence-electron chi connectivity index (χ4n) is 2.46. The van der Waals surface area contributed by atoms with Crippen LogP contribution in [0.15, 0.2) is 0 Å². The lowest BCUT2D eigenvalue weighted by atomic mass is 10.1. The van der Waals surface area contributed by atoms with Crippen molar-refractivity contribution < 1.29 is 4.74 Å². The van der Waals surface area contributed by atoms with E-state index in [-0.39, 0.29) is 12.1 Å². The molecule has 1 aliphatic heterocycles. The summed E-state index contributed by atoms with van der Waals surface area (Å²) in [5.41, 5.74) is 5.92. The third-order valence-electron chi connectivity index (χ3n) is 3.81. The van der Waals surface area contributed by atoms with Gasteiger partial charge in [-0.25, -0.2) is 0 Å². The van der Waals surface area contributed by atoms with E-state index in [1.165, 1.54) is 32.1 Å². The molecule has 1 heterocycles. The molecule has 17 heavy (non-hydrogen) atoms. The molecule has 0 aromatic heterocycles. The van der Waals surface area contributed by atoms with Crippen LogP contribution >= 0.6 is 0 Å². The maximum atomic E-state index is 5.92. The Kier molecular flexibility index (Phi) is 7.09. The van der Waals surface area contributed by atoms with Crippen molar-refractivity contribution >= 4 is 0 Å². The van der Waals surface area contributed by atoms with E-state index in [1.807, 2.05) is 6.92 Å². The zero-order valence-corrected chi connectivity index (χ0v) is 11.8. The molecule has 0 aromatic rings. The number of nitrogens with zero attached hydrogens (tertiary/aromatic N) is 1. The van der Waals surface area contributed by atoms with E-state index in [0.717, 1.165) is 19.7 Å². The number of nitrogens with two attached hydrogens (primary N) is 1. The first-order valence-electron chi connectivity index (χ1n) is 7.26. The van der Waals surface area contributed by atoms with Gasteiger partial charge in [0.2, 0.25) is 0 Å². The minimum Gasteiger partial charge on any atom is -0.374 e. The highest BCUT2D eigenvalue weighted by molar-refractivity contribution is 4.80. The average Bonchev–Trinajstić information content (AvgIpc) is 2.34. The summed E-state index contributed by atoms with van der Waals surface area (Å²) in [7, 11) is 0. The van der Waals surface area contributed by atoms with Crippen molar-refractivity contribution in [3.05, 3.63) is 0 Å². The first kappa shape index (κ1) is 14.9. The predicted molar refractivity (Wildman–Crippen MR) is 73.2 cm³/mol. The molecule has 0 aromatic carbocycles. The quantitative estimate of drug-likeness (QED) is 0.697. The molecule has 3 atom stereocenters. The molecule has 1 rings (SSSR count). The standard InChI is InChI=1S/C14H30N2O/c1-4-5-6-7-8-12(2)16-9-10-17-14(11-16)13(3)15/h12-14H,4-11,15H2,1-3H3. The third-order valence-corrected chi connectivity index (χ3v) is 3.81. The lowest BCUT2D eigenvalue weighted by Gasteiger charge is -2.38. The van der Waals surface area contributed by atoms with Crippen molar-refractivity contribution in [1.29, 1.82) is 0 Å². The van der Waals surface area contributed by atoms with Gasteiger partial charge in [0, 0.05) is 25.2 Å². The smallest absolute Gasteiger partial charge is 0.0850 e. The first-order valence-corrected chi connectivity index (χ1v) is 7.26. The molecule has 2 N–H and O–H groups in total. The van der Waals surface area contributed by atoms with E-state index in [0.29, 0.717) is 6.04 Å². The summed E-state index contributed by atoms with van der Waals surface area (Å²) in [6.45, 7) is 9.56. The van der Waals surface area contributed by atoms with E-state index < -0.39 is 0 Å². The third kappa shape index (κ3) is 5.36. The number of morpholine rings is 1. The normalized spacial score (nSPS) is 25.8. The van der Waals surface area contributed by atoms with Crippen LogP contribution in [0.4, 0.5) is 0 Å². The Hall–Kier alpha value is -0.120. The van der Waals surface area contributed by atoms with E-state index >= 15 is 0 Å². The number of ether oxygens (including phenoxy) is 1. The van der Waals surface area contributed by atoms with Crippen LogP contribution in [0.1, 0.15) is 52.9 Å². The van der Waals surface area contributed by atoms with Crippen molar-refractivity contribution in [2.45, 2.75) is 71.1 Å². The number of unbranched alkanes of at least 4 members (excludes halogenated alkanes) is 3. The maximum Gasteiger partial charge on any atom is 0.0850 e. The van der Waals surface area contributed by atoms with Gasteiger partial charge in [0.05, 0.1) is 12.7 Å². The Labute approximate surface area is 107 Å². The summed E-state index contributed by atoms with van der Waals surface area (Å²) >= 11 is 0. The van der Waals surface area contributed by atoms with Crippen LogP contribution in [0, 0.1) is 0 Å². The highest BCUT2D eigenvalue weighted by Crippen LogP contribution is 2.15. The zero-order chi connectivity index (χ0) is 12.7. The van der Waals surface area contributed by atoms with Crippen LogP contribution in [0.3, 0.4) is 0 Å². The minimum absolute atomic E-state index is 0.144. The van der Waals surface area contributed by atoms with Crippen molar-refractivity contribution in [2.75, 3.05) is 19.7 Å². The van der Waals surface area contributed by atoms with Gasteiger partial charge in [-0.05, 0) is 20.3 Å². The number of hydrogen-bond acceptors (Lipinski definition) is 3. The topological polar surface area (TPSA) is 38.5 Å². The number of hydrogen-bond donors (Lipinski definition) is 1. The molecule has 102 valence electrons. The second-order valence-electron chi connectivity index (χ2n) is 5.46. The van der Waals surface area contributed by atoms with E-state index in [1.54, 1.807) is 0 Å². The largest absolute Gasteiger partial charge is 0.374 e. The lowest BCUT2D eigenvalue weighted by molar-refractivity contribution is -0.0504. The molecular weight excluding hydrogens is 212 g/mol. The second kappa shape index (κ2) is 8.06. The Morgan fingerprint density at radius 3 is 2.71 bits per heavy atom. The van der Waals surface area contributed by atoms with Crippen molar-refractivity contribution in [3.63, 3.8) is 0 Å². The van der Waals surface area contributed by atoms with E-state index in [4.69, 9.17) is 10.5 Å². The molecule has 3 nitrogen and oxygen atoms in total. The molecule has 1 fully saturated rings. The molecule has 0 radical (unpaired) electrons. The Morgan fingerprint density at radius 2 is 2.06 bits per heavy atom.